The van der Waals surface area contributed by atoms with Gasteiger partial charge in [-0.1, -0.05) is 45.2 Å². The van der Waals surface area contributed by atoms with Crippen LogP contribution < -0.4 is 0 Å². The number of hydrazone groups is 1. The minimum Gasteiger partial charge on any atom is -0.318 e. The number of thioether (sulfide) groups is 1. The Bertz CT molecular complexity index is 1260. The highest BCUT2D eigenvalue weighted by Crippen LogP contribution is 2.36. The largest absolute Gasteiger partial charge is 0.318 e. The van der Waals surface area contributed by atoms with Crippen LogP contribution in [-0.2, 0) is 4.79 Å². The number of hydrogen-bond acceptors (Lipinski definition) is 4. The Morgan fingerprint density at radius 2 is 1.89 bits per heavy atom. The van der Waals surface area contributed by atoms with Crippen molar-refractivity contribution in [3.05, 3.63) is 58.4 Å². The predicted molar refractivity (Wildman–Crippen MR) is 146 cm³/mol. The summed E-state index contributed by atoms with van der Waals surface area (Å²) in [6.07, 6.45) is 8.88. The van der Waals surface area contributed by atoms with Crippen LogP contribution in [-0.4, -0.2) is 31.5 Å². The van der Waals surface area contributed by atoms with Gasteiger partial charge in [-0.2, -0.15) is 15.1 Å². The van der Waals surface area contributed by atoms with Gasteiger partial charge in [0.15, 0.2) is 5.84 Å². The molecule has 0 radical (unpaired) electrons. The SMILES string of the molecule is CCC(C)c1ccc(-n2c(C)cc(/C=C3/C(=N)N4N=C(C5CCCCC5)SC4=NC3=O)c2C)cc1. The average molecular weight is 488 g/mol. The Balaban J connectivity index is 1.44. The lowest BCUT2D eigenvalue weighted by Crippen LogP contribution is -2.35. The van der Waals surface area contributed by atoms with E-state index in [4.69, 9.17) is 10.5 Å². The number of carbonyl (C=O) groups is 1. The molecule has 0 bridgehead atoms. The monoisotopic (exact) mass is 487 g/mol. The summed E-state index contributed by atoms with van der Waals surface area (Å²) in [5.74, 6) is 0.704. The summed E-state index contributed by atoms with van der Waals surface area (Å²) in [5, 5.41) is 16.6. The van der Waals surface area contributed by atoms with Gasteiger partial charge in [0.05, 0.1) is 5.57 Å². The zero-order chi connectivity index (χ0) is 24.7. The summed E-state index contributed by atoms with van der Waals surface area (Å²) in [6, 6.07) is 10.8. The second kappa shape index (κ2) is 9.61. The molecular weight excluding hydrogens is 454 g/mol. The third kappa shape index (κ3) is 4.42. The highest BCUT2D eigenvalue weighted by Gasteiger charge is 2.38. The maximum absolute atomic E-state index is 12.9. The van der Waals surface area contributed by atoms with E-state index in [1.54, 1.807) is 11.1 Å². The van der Waals surface area contributed by atoms with E-state index in [-0.39, 0.29) is 17.3 Å². The third-order valence-electron chi connectivity index (χ3n) is 7.53. The Hall–Kier alpha value is -2.93. The third-order valence-corrected chi connectivity index (χ3v) is 8.60. The van der Waals surface area contributed by atoms with Crippen LogP contribution in [0.5, 0.6) is 0 Å². The maximum Gasteiger partial charge on any atom is 0.283 e. The Kier molecular flexibility index (Phi) is 6.53. The van der Waals surface area contributed by atoms with Crippen molar-refractivity contribution in [3.63, 3.8) is 0 Å². The number of aromatic nitrogens is 1. The summed E-state index contributed by atoms with van der Waals surface area (Å²) < 4.78 is 2.20. The molecule has 182 valence electrons. The molecule has 7 heteroatoms. The van der Waals surface area contributed by atoms with Gasteiger partial charge in [0.2, 0.25) is 5.17 Å². The van der Waals surface area contributed by atoms with Crippen molar-refractivity contribution >= 4 is 39.8 Å². The molecule has 0 spiro atoms. The van der Waals surface area contributed by atoms with Gasteiger partial charge in [-0.15, -0.1) is 0 Å². The number of amides is 1. The lowest BCUT2D eigenvalue weighted by atomic mass is 9.90. The smallest absolute Gasteiger partial charge is 0.283 e. The van der Waals surface area contributed by atoms with Gasteiger partial charge in [-0.05, 0) is 86.2 Å². The zero-order valence-corrected chi connectivity index (χ0v) is 21.8. The highest BCUT2D eigenvalue weighted by molar-refractivity contribution is 8.27. The van der Waals surface area contributed by atoms with Gasteiger partial charge in [-0.25, -0.2) is 0 Å². The van der Waals surface area contributed by atoms with Crippen LogP contribution in [0.1, 0.15) is 80.8 Å². The number of amidine groups is 2. The molecule has 1 saturated carbocycles. The second-order valence-electron chi connectivity index (χ2n) is 9.86. The minimum atomic E-state index is -0.364. The molecule has 1 atom stereocenters. The Labute approximate surface area is 211 Å². The van der Waals surface area contributed by atoms with Crippen LogP contribution in [0, 0.1) is 25.2 Å². The molecule has 2 aliphatic heterocycles. The fourth-order valence-corrected chi connectivity index (χ4v) is 6.25. The van der Waals surface area contributed by atoms with E-state index in [0.717, 1.165) is 46.9 Å². The highest BCUT2D eigenvalue weighted by atomic mass is 32.2. The van der Waals surface area contributed by atoms with Crippen molar-refractivity contribution in [2.24, 2.45) is 16.0 Å². The van der Waals surface area contributed by atoms with Gasteiger partial charge in [-0.3, -0.25) is 10.2 Å². The molecular formula is C28H33N5OS. The van der Waals surface area contributed by atoms with E-state index < -0.39 is 0 Å². The van der Waals surface area contributed by atoms with Crippen LogP contribution in [0.2, 0.25) is 0 Å². The number of carbonyl (C=O) groups excluding carboxylic acids is 1. The molecule has 1 aromatic carbocycles. The van der Waals surface area contributed by atoms with Crippen molar-refractivity contribution < 1.29 is 4.79 Å². The number of aliphatic imine (C=N–C) groups is 1. The zero-order valence-electron chi connectivity index (χ0n) is 21.0. The molecule has 2 aromatic rings. The Morgan fingerprint density at radius 1 is 1.17 bits per heavy atom. The summed E-state index contributed by atoms with van der Waals surface area (Å²) >= 11 is 1.46. The molecule has 6 nitrogen and oxygen atoms in total. The van der Waals surface area contributed by atoms with E-state index in [1.807, 2.05) is 0 Å². The molecule has 35 heavy (non-hydrogen) atoms. The number of benzene rings is 1. The van der Waals surface area contributed by atoms with Gasteiger partial charge in [0.1, 0.15) is 5.04 Å². The lowest BCUT2D eigenvalue weighted by molar-refractivity contribution is -0.114. The minimum absolute atomic E-state index is 0.112. The number of aryl methyl sites for hydroxylation is 1. The van der Waals surface area contributed by atoms with Crippen molar-refractivity contribution in [2.75, 3.05) is 0 Å². The molecule has 1 amide bonds. The first-order valence-electron chi connectivity index (χ1n) is 12.7. The normalized spacial score (nSPS) is 20.8. The molecule has 5 rings (SSSR count). The molecule has 1 unspecified atom stereocenters. The quantitative estimate of drug-likeness (QED) is 0.471. The summed E-state index contributed by atoms with van der Waals surface area (Å²) in [6.45, 7) is 8.58. The first-order chi connectivity index (χ1) is 16.9. The van der Waals surface area contributed by atoms with Crippen LogP contribution in [0.3, 0.4) is 0 Å². The molecule has 1 aliphatic carbocycles. The standard InChI is InChI=1S/C28H33N5OS/c1-5-17(2)20-11-13-23(14-12-20)32-18(3)15-22(19(32)4)16-24-25(29)33-28(30-26(24)34)35-27(31-33)21-9-7-6-8-10-21/h11-17,21,29H,5-10H2,1-4H3/b24-16-,29-25?. The van der Waals surface area contributed by atoms with E-state index in [2.05, 4.69) is 67.6 Å². The van der Waals surface area contributed by atoms with Gasteiger partial charge in [0.25, 0.3) is 5.91 Å². The molecule has 0 saturated heterocycles. The molecule has 3 aliphatic rings. The van der Waals surface area contributed by atoms with Crippen LogP contribution in [0.25, 0.3) is 11.8 Å². The predicted octanol–water partition coefficient (Wildman–Crippen LogP) is 6.81. The fraction of sp³-hybridized carbons (Fsp3) is 0.429. The van der Waals surface area contributed by atoms with Crippen LogP contribution in [0.15, 0.2) is 46.0 Å². The number of fused-ring (bicyclic) bond motifs is 1. The van der Waals surface area contributed by atoms with Gasteiger partial charge >= 0.3 is 0 Å². The first-order valence-corrected chi connectivity index (χ1v) is 13.5. The fourth-order valence-electron chi connectivity index (χ4n) is 5.20. The summed E-state index contributed by atoms with van der Waals surface area (Å²) in [5.41, 5.74) is 5.76. The van der Waals surface area contributed by atoms with Crippen molar-refractivity contribution in [1.82, 2.24) is 9.58 Å². The Morgan fingerprint density at radius 3 is 2.57 bits per heavy atom. The first kappa shape index (κ1) is 23.8. The number of nitrogens with one attached hydrogen (secondary N) is 1. The van der Waals surface area contributed by atoms with E-state index in [1.165, 1.54) is 36.6 Å². The van der Waals surface area contributed by atoms with Crippen molar-refractivity contribution in [2.45, 2.75) is 72.1 Å². The lowest BCUT2D eigenvalue weighted by Gasteiger charge is -2.20. The van der Waals surface area contributed by atoms with Gasteiger partial charge in [0, 0.05) is 23.0 Å². The number of nitrogens with zero attached hydrogens (tertiary/aromatic N) is 4. The van der Waals surface area contributed by atoms with Crippen LogP contribution >= 0.6 is 11.8 Å². The summed E-state index contributed by atoms with van der Waals surface area (Å²) in [7, 11) is 0. The van der Waals surface area contributed by atoms with E-state index >= 15 is 0 Å². The topological polar surface area (TPSA) is 73.8 Å². The van der Waals surface area contributed by atoms with Crippen LogP contribution in [0.4, 0.5) is 0 Å². The summed E-state index contributed by atoms with van der Waals surface area (Å²) in [4.78, 5) is 17.2. The molecule has 1 fully saturated rings. The molecule has 3 heterocycles. The van der Waals surface area contributed by atoms with E-state index in [0.29, 0.717) is 17.0 Å². The molecule has 1 aromatic heterocycles. The second-order valence-corrected chi connectivity index (χ2v) is 10.8. The van der Waals surface area contributed by atoms with E-state index in [9.17, 15) is 4.79 Å². The van der Waals surface area contributed by atoms with Gasteiger partial charge < -0.3 is 4.57 Å². The number of rotatable bonds is 5. The average Bonchev–Trinajstić information content (AvgIpc) is 3.42. The van der Waals surface area contributed by atoms with Crippen molar-refractivity contribution in [3.8, 4) is 5.69 Å². The maximum atomic E-state index is 12.9. The van der Waals surface area contributed by atoms with Crippen molar-refractivity contribution in [1.29, 1.82) is 5.41 Å². The molecule has 1 N–H and O–H groups in total. The number of hydrogen-bond donors (Lipinski definition) is 1.